The molecule has 4 aromatic carbocycles. The summed E-state index contributed by atoms with van der Waals surface area (Å²) in [5.41, 5.74) is 6.56. The summed E-state index contributed by atoms with van der Waals surface area (Å²) in [6, 6.07) is 18.2. The Morgan fingerprint density at radius 2 is 1.48 bits per heavy atom. The Labute approximate surface area is 328 Å². The van der Waals surface area contributed by atoms with Gasteiger partial charge in [-0.25, -0.2) is 0 Å². The van der Waals surface area contributed by atoms with Gasteiger partial charge in [0.2, 0.25) is 0 Å². The van der Waals surface area contributed by atoms with Crippen molar-refractivity contribution < 1.29 is 0 Å². The molecule has 0 bridgehead atoms. The van der Waals surface area contributed by atoms with Crippen LogP contribution in [0.4, 0.5) is 0 Å². The normalized spacial score (nSPS) is 21.8. The predicted molar refractivity (Wildman–Crippen MR) is 242 cm³/mol. The third-order valence-corrected chi connectivity index (χ3v) is 12.2. The SMILES string of the molecule is C=C/C=C(/C=C/C=C\C=C\C(=C\C=C)N(CCC[C@H]1CC(C)C(C)(C)C1C)C1=CCC(C)C=C1)c1ccc2ccc3cc(C)cc4ccc1c2c34.CCC. The van der Waals surface area contributed by atoms with Crippen molar-refractivity contribution in [3.8, 4) is 0 Å². The standard InChI is InChI=1S/C50H57N.C3H8/c1-9-16-39(46-29-25-40-23-24-42-32-36(4)33-43-26-30-47(46)49(40)48(42)43)18-13-11-12-14-20-44(17-10-2)51(45-27-21-35(3)22-28-45)31-15-19-41-34-37(5)50(7,8)38(41)6;1-3-2/h9-14,16-18,20-21,23-30,32-33,35,37-38,41H,1-2,15,19,22,31,34H2,3-8H3;3H2,1-2H3/b12-11-,18-13+,20-14+,39-16-,44-17-;/t35?,37?,38?,41-;/m0./s1. The largest absolute Gasteiger partial charge is 0.342 e. The lowest BCUT2D eigenvalue weighted by Gasteiger charge is -2.31. The number of nitrogens with zero attached hydrogens (tertiary/aromatic N) is 1. The molecule has 0 aliphatic heterocycles. The summed E-state index contributed by atoms with van der Waals surface area (Å²) in [4.78, 5) is 2.50. The van der Waals surface area contributed by atoms with Crippen molar-refractivity contribution in [1.29, 1.82) is 0 Å². The van der Waals surface area contributed by atoms with Gasteiger partial charge in [-0.05, 0) is 129 Å². The molecular weight excluding hydrogens is 651 g/mol. The number of aryl methyl sites for hydroxylation is 1. The minimum Gasteiger partial charge on any atom is -0.342 e. The van der Waals surface area contributed by atoms with E-state index in [1.54, 1.807) is 0 Å². The summed E-state index contributed by atoms with van der Waals surface area (Å²) in [5, 5.41) is 7.84. The zero-order chi connectivity index (χ0) is 38.8. The third-order valence-electron chi connectivity index (χ3n) is 12.2. The van der Waals surface area contributed by atoms with Crippen molar-refractivity contribution in [3.63, 3.8) is 0 Å². The van der Waals surface area contributed by atoms with Gasteiger partial charge in [0.05, 0.1) is 0 Å². The van der Waals surface area contributed by atoms with Crippen LogP contribution >= 0.6 is 0 Å². The van der Waals surface area contributed by atoms with Gasteiger partial charge in [0.1, 0.15) is 0 Å². The fourth-order valence-corrected chi connectivity index (χ4v) is 8.61. The van der Waals surface area contributed by atoms with E-state index in [-0.39, 0.29) is 0 Å². The van der Waals surface area contributed by atoms with Crippen molar-refractivity contribution in [2.24, 2.45) is 29.1 Å². The summed E-state index contributed by atoms with van der Waals surface area (Å²) in [6.07, 6.45) is 34.2. The lowest BCUT2D eigenvalue weighted by molar-refractivity contribution is 0.189. The van der Waals surface area contributed by atoms with Crippen molar-refractivity contribution in [2.75, 3.05) is 6.54 Å². The first-order valence-electron chi connectivity index (χ1n) is 20.5. The van der Waals surface area contributed by atoms with Gasteiger partial charge in [0, 0.05) is 17.9 Å². The van der Waals surface area contributed by atoms with E-state index in [2.05, 4.69) is 189 Å². The Kier molecular flexibility index (Phi) is 14.0. The quantitative estimate of drug-likeness (QED) is 0.0984. The zero-order valence-electron chi connectivity index (χ0n) is 34.5. The molecule has 1 heteroatoms. The second kappa shape index (κ2) is 18.6. The lowest BCUT2D eigenvalue weighted by atomic mass is 9.75. The fraction of sp³-hybridized carbons (Fsp3) is 0.358. The monoisotopic (exact) mass is 716 g/mol. The van der Waals surface area contributed by atoms with Gasteiger partial charge in [-0.2, -0.15) is 0 Å². The van der Waals surface area contributed by atoms with Crippen molar-refractivity contribution in [2.45, 2.75) is 87.5 Å². The molecule has 1 saturated carbocycles. The van der Waals surface area contributed by atoms with Gasteiger partial charge >= 0.3 is 0 Å². The van der Waals surface area contributed by atoms with Crippen LogP contribution < -0.4 is 0 Å². The van der Waals surface area contributed by atoms with Gasteiger partial charge in [-0.1, -0.05) is 177 Å². The molecule has 54 heavy (non-hydrogen) atoms. The molecule has 0 radical (unpaired) electrons. The van der Waals surface area contributed by atoms with Gasteiger partial charge < -0.3 is 4.90 Å². The Morgan fingerprint density at radius 1 is 0.833 bits per heavy atom. The molecule has 282 valence electrons. The molecule has 0 spiro atoms. The molecule has 2 aliphatic carbocycles. The number of rotatable bonds is 13. The van der Waals surface area contributed by atoms with E-state index in [0.717, 1.165) is 36.3 Å². The maximum absolute atomic E-state index is 4.08. The summed E-state index contributed by atoms with van der Waals surface area (Å²) >= 11 is 0. The minimum atomic E-state index is 0.427. The van der Waals surface area contributed by atoms with E-state index in [9.17, 15) is 0 Å². The molecule has 0 N–H and O–H groups in total. The number of benzene rings is 4. The Balaban J connectivity index is 0.00000181. The minimum absolute atomic E-state index is 0.427. The first-order chi connectivity index (χ1) is 26.0. The van der Waals surface area contributed by atoms with Crippen molar-refractivity contribution in [1.82, 2.24) is 4.90 Å². The second-order valence-electron chi connectivity index (χ2n) is 16.5. The Bertz CT molecular complexity index is 2100. The molecule has 0 heterocycles. The second-order valence-corrected chi connectivity index (χ2v) is 16.5. The van der Waals surface area contributed by atoms with Gasteiger partial charge in [-0.3, -0.25) is 0 Å². The maximum atomic E-state index is 4.08. The van der Waals surface area contributed by atoms with Crippen molar-refractivity contribution in [3.05, 3.63) is 163 Å². The molecule has 0 aromatic heterocycles. The average Bonchev–Trinajstić information content (AvgIpc) is 3.34. The van der Waals surface area contributed by atoms with Gasteiger partial charge in [-0.15, -0.1) is 0 Å². The van der Waals surface area contributed by atoms with E-state index in [1.807, 2.05) is 12.2 Å². The van der Waals surface area contributed by atoms with Crippen LogP contribution in [-0.2, 0) is 0 Å². The van der Waals surface area contributed by atoms with Crippen molar-refractivity contribution >= 4 is 37.9 Å². The zero-order valence-corrected chi connectivity index (χ0v) is 34.5. The molecule has 3 unspecified atom stereocenters. The molecule has 4 atom stereocenters. The van der Waals surface area contributed by atoms with E-state index < -0.39 is 0 Å². The highest BCUT2D eigenvalue weighted by atomic mass is 15.1. The Hall–Kier alpha value is -4.62. The highest BCUT2D eigenvalue weighted by Gasteiger charge is 2.43. The summed E-state index contributed by atoms with van der Waals surface area (Å²) in [5.74, 6) is 2.93. The Morgan fingerprint density at radius 3 is 2.11 bits per heavy atom. The molecular formula is C53H65N. The fourth-order valence-electron chi connectivity index (χ4n) is 8.61. The molecule has 0 amide bonds. The van der Waals surface area contributed by atoms with Crippen LogP contribution in [0.5, 0.6) is 0 Å². The van der Waals surface area contributed by atoms with Crippen LogP contribution in [0.2, 0.25) is 0 Å². The van der Waals surface area contributed by atoms with E-state index in [4.69, 9.17) is 0 Å². The topological polar surface area (TPSA) is 3.24 Å². The van der Waals surface area contributed by atoms with Crippen LogP contribution in [0.3, 0.4) is 0 Å². The molecule has 4 aromatic rings. The summed E-state index contributed by atoms with van der Waals surface area (Å²) < 4.78 is 0. The molecule has 1 nitrogen and oxygen atoms in total. The number of hydrogen-bond acceptors (Lipinski definition) is 1. The van der Waals surface area contributed by atoms with Crippen LogP contribution in [0, 0.1) is 36.0 Å². The summed E-state index contributed by atoms with van der Waals surface area (Å²) in [7, 11) is 0. The van der Waals surface area contributed by atoms with E-state index in [0.29, 0.717) is 11.3 Å². The first-order valence-corrected chi connectivity index (χ1v) is 20.5. The molecule has 6 rings (SSSR count). The molecule has 2 aliphatic rings. The van der Waals surface area contributed by atoms with Gasteiger partial charge in [0.25, 0.3) is 0 Å². The van der Waals surface area contributed by atoms with Crippen LogP contribution in [0.15, 0.2) is 152 Å². The smallest absolute Gasteiger partial charge is 0.0410 e. The van der Waals surface area contributed by atoms with E-state index in [1.165, 1.54) is 80.5 Å². The highest BCUT2D eigenvalue weighted by Crippen LogP contribution is 2.51. The molecule has 0 saturated heterocycles. The number of hydrogen-bond donors (Lipinski definition) is 0. The van der Waals surface area contributed by atoms with Crippen LogP contribution in [0.25, 0.3) is 37.9 Å². The van der Waals surface area contributed by atoms with Crippen LogP contribution in [0.1, 0.15) is 91.7 Å². The molecule has 1 fully saturated rings. The maximum Gasteiger partial charge on any atom is 0.0410 e. The van der Waals surface area contributed by atoms with E-state index >= 15 is 0 Å². The highest BCUT2D eigenvalue weighted by molar-refractivity contribution is 6.24. The van der Waals surface area contributed by atoms with Crippen LogP contribution in [-0.4, -0.2) is 11.4 Å². The average molecular weight is 716 g/mol. The third kappa shape index (κ3) is 9.18. The van der Waals surface area contributed by atoms with Gasteiger partial charge in [0.15, 0.2) is 0 Å². The summed E-state index contributed by atoms with van der Waals surface area (Å²) in [6.45, 7) is 27.7. The number of allylic oxidation sites excluding steroid dienone is 14. The first kappa shape index (κ1) is 40.6. The lowest BCUT2D eigenvalue weighted by Crippen LogP contribution is -2.25. The predicted octanol–water partition coefficient (Wildman–Crippen LogP) is 15.5.